The number of thiazole rings is 1. The van der Waals surface area contributed by atoms with E-state index < -0.39 is 0 Å². The van der Waals surface area contributed by atoms with Gasteiger partial charge < -0.3 is 9.47 Å². The second-order valence-corrected chi connectivity index (χ2v) is 9.61. The number of benzene rings is 2. The Morgan fingerprint density at radius 3 is 2.80 bits per heavy atom. The number of amides is 1. The summed E-state index contributed by atoms with van der Waals surface area (Å²) in [6, 6.07) is 11.6. The molecule has 0 spiro atoms. The molecule has 0 bridgehead atoms. The Bertz CT molecular complexity index is 1020. The molecule has 3 rings (SSSR count). The van der Waals surface area contributed by atoms with E-state index in [9.17, 15) is 4.79 Å². The predicted octanol–water partition coefficient (Wildman–Crippen LogP) is 5.49. The Balaban J connectivity index is 1.63. The van der Waals surface area contributed by atoms with Crippen molar-refractivity contribution in [3.63, 3.8) is 0 Å². The van der Waals surface area contributed by atoms with E-state index in [4.69, 9.17) is 9.47 Å². The Labute approximate surface area is 192 Å². The molecule has 9 heteroatoms. The maximum absolute atomic E-state index is 12.4. The first kappa shape index (κ1) is 22.6. The van der Waals surface area contributed by atoms with Crippen molar-refractivity contribution in [3.8, 4) is 11.5 Å². The fourth-order valence-electron chi connectivity index (χ4n) is 2.58. The number of hydrazone groups is 1. The first-order valence-electron chi connectivity index (χ1n) is 9.46. The van der Waals surface area contributed by atoms with Gasteiger partial charge in [0.25, 0.3) is 5.91 Å². The maximum atomic E-state index is 12.4. The Morgan fingerprint density at radius 1 is 1.30 bits per heavy atom. The highest BCUT2D eigenvalue weighted by Crippen LogP contribution is 2.36. The average Bonchev–Trinajstić information content (AvgIpc) is 3.13. The highest BCUT2D eigenvalue weighted by molar-refractivity contribution is 9.10. The van der Waals surface area contributed by atoms with Gasteiger partial charge in [0.05, 0.1) is 39.4 Å². The molecule has 30 heavy (non-hydrogen) atoms. The van der Waals surface area contributed by atoms with Crippen LogP contribution in [0.3, 0.4) is 0 Å². The van der Waals surface area contributed by atoms with Crippen molar-refractivity contribution in [2.24, 2.45) is 5.10 Å². The van der Waals surface area contributed by atoms with Crippen LogP contribution >= 0.6 is 39.0 Å². The molecule has 1 aromatic heterocycles. The monoisotopic (exact) mass is 507 g/mol. The molecule has 0 radical (unpaired) electrons. The molecular formula is C21H22BrN3O3S2. The van der Waals surface area contributed by atoms with Crippen LogP contribution in [0.2, 0.25) is 0 Å². The van der Waals surface area contributed by atoms with Gasteiger partial charge in [-0.15, -0.1) is 11.3 Å². The molecule has 1 atom stereocenters. The number of fused-ring (bicyclic) bond motifs is 1. The number of aromatic nitrogens is 1. The zero-order valence-electron chi connectivity index (χ0n) is 16.8. The third-order valence-corrected chi connectivity index (χ3v) is 6.75. The Hall–Kier alpha value is -2.10. The van der Waals surface area contributed by atoms with Crippen LogP contribution in [0.4, 0.5) is 0 Å². The highest BCUT2D eigenvalue weighted by Gasteiger charge is 2.16. The van der Waals surface area contributed by atoms with Gasteiger partial charge in [-0.3, -0.25) is 4.79 Å². The Morgan fingerprint density at radius 2 is 2.07 bits per heavy atom. The van der Waals surface area contributed by atoms with Gasteiger partial charge in [0.2, 0.25) is 0 Å². The van der Waals surface area contributed by atoms with Gasteiger partial charge in [0, 0.05) is 0 Å². The van der Waals surface area contributed by atoms with E-state index in [2.05, 4.69) is 31.4 Å². The highest BCUT2D eigenvalue weighted by atomic mass is 79.9. The summed E-state index contributed by atoms with van der Waals surface area (Å²) in [6.07, 6.45) is 1.58. The van der Waals surface area contributed by atoms with Gasteiger partial charge in [0.15, 0.2) is 15.8 Å². The maximum Gasteiger partial charge on any atom is 0.253 e. The lowest BCUT2D eigenvalue weighted by Gasteiger charge is -2.13. The van der Waals surface area contributed by atoms with Gasteiger partial charge in [-0.2, -0.15) is 5.10 Å². The van der Waals surface area contributed by atoms with Crippen molar-refractivity contribution in [1.82, 2.24) is 10.4 Å². The molecule has 1 heterocycles. The van der Waals surface area contributed by atoms with Crippen LogP contribution in [0, 0.1) is 0 Å². The number of thioether (sulfide) groups is 1. The van der Waals surface area contributed by atoms with Gasteiger partial charge >= 0.3 is 0 Å². The summed E-state index contributed by atoms with van der Waals surface area (Å²) in [5, 5.41) is 3.77. The van der Waals surface area contributed by atoms with Crippen molar-refractivity contribution in [2.75, 3.05) is 13.2 Å². The number of ether oxygens (including phenoxy) is 2. The number of carbonyl (C=O) groups is 1. The minimum atomic E-state index is -0.325. The summed E-state index contributed by atoms with van der Waals surface area (Å²) in [4.78, 5) is 17.0. The molecule has 0 saturated carbocycles. The average molecular weight is 508 g/mol. The van der Waals surface area contributed by atoms with E-state index in [0.717, 1.165) is 24.6 Å². The van der Waals surface area contributed by atoms with Gasteiger partial charge in [-0.1, -0.05) is 23.9 Å². The zero-order chi connectivity index (χ0) is 21.5. The van der Waals surface area contributed by atoms with Gasteiger partial charge in [-0.25, -0.2) is 10.4 Å². The van der Waals surface area contributed by atoms with Crippen molar-refractivity contribution in [1.29, 1.82) is 0 Å². The normalized spacial score (nSPS) is 12.3. The van der Waals surface area contributed by atoms with Crippen molar-refractivity contribution in [2.45, 2.75) is 30.4 Å². The van der Waals surface area contributed by atoms with E-state index in [1.54, 1.807) is 17.6 Å². The van der Waals surface area contributed by atoms with Crippen LogP contribution in [0.15, 0.2) is 50.3 Å². The second kappa shape index (κ2) is 10.8. The lowest BCUT2D eigenvalue weighted by molar-refractivity contribution is -0.120. The fraction of sp³-hybridized carbons (Fsp3) is 0.286. The van der Waals surface area contributed by atoms with Crippen LogP contribution in [0.25, 0.3) is 10.2 Å². The summed E-state index contributed by atoms with van der Waals surface area (Å²) in [7, 11) is 0. The van der Waals surface area contributed by atoms with Crippen LogP contribution in [0.5, 0.6) is 11.5 Å². The second-order valence-electron chi connectivity index (χ2n) is 6.14. The molecule has 0 aliphatic rings. The third-order valence-electron chi connectivity index (χ3n) is 3.93. The lowest BCUT2D eigenvalue weighted by atomic mass is 10.2. The SMILES string of the molecule is CCOc1cc(/C=N\NC(=O)[C@@H](C)Sc2nc3ccccc3s2)cc(Br)c1OCC. The van der Waals surface area contributed by atoms with E-state index in [1.165, 1.54) is 11.8 Å². The molecule has 0 fully saturated rings. The van der Waals surface area contributed by atoms with Crippen molar-refractivity contribution < 1.29 is 14.3 Å². The number of rotatable bonds is 9. The first-order chi connectivity index (χ1) is 14.5. The molecule has 1 amide bonds. The minimum absolute atomic E-state index is 0.189. The lowest BCUT2D eigenvalue weighted by Crippen LogP contribution is -2.26. The minimum Gasteiger partial charge on any atom is -0.490 e. The Kier molecular flexibility index (Phi) is 8.12. The molecule has 2 aromatic carbocycles. The van der Waals surface area contributed by atoms with Crippen LogP contribution in [0.1, 0.15) is 26.3 Å². The summed E-state index contributed by atoms with van der Waals surface area (Å²) in [5.74, 6) is 1.09. The number of para-hydroxylation sites is 1. The summed E-state index contributed by atoms with van der Waals surface area (Å²) in [5.41, 5.74) is 4.32. The molecule has 0 aliphatic heterocycles. The molecule has 6 nitrogen and oxygen atoms in total. The quantitative estimate of drug-likeness (QED) is 0.235. The third kappa shape index (κ3) is 5.74. The zero-order valence-corrected chi connectivity index (χ0v) is 20.1. The number of halogens is 1. The number of hydrogen-bond acceptors (Lipinski definition) is 7. The van der Waals surface area contributed by atoms with Crippen molar-refractivity contribution in [3.05, 3.63) is 46.4 Å². The number of carbonyl (C=O) groups excluding carboxylic acids is 1. The molecule has 0 aliphatic carbocycles. The molecule has 0 unspecified atom stereocenters. The van der Waals surface area contributed by atoms with Crippen molar-refractivity contribution >= 4 is 61.4 Å². The standard InChI is InChI=1S/C21H22BrN3O3S2/c1-4-27-17-11-14(10-15(22)19(17)28-5-2)12-23-25-20(26)13(3)29-21-24-16-8-6-7-9-18(16)30-21/h6-13H,4-5H2,1-3H3,(H,25,26)/b23-12-/t13-/m1/s1. The molecular weight excluding hydrogens is 486 g/mol. The van der Waals surface area contributed by atoms with Crippen LogP contribution < -0.4 is 14.9 Å². The van der Waals surface area contributed by atoms with E-state index in [-0.39, 0.29) is 11.2 Å². The summed E-state index contributed by atoms with van der Waals surface area (Å²) >= 11 is 6.50. The van der Waals surface area contributed by atoms with Crippen LogP contribution in [-0.2, 0) is 4.79 Å². The van der Waals surface area contributed by atoms with Gasteiger partial charge in [0.1, 0.15) is 0 Å². The van der Waals surface area contributed by atoms with E-state index in [1.807, 2.05) is 57.2 Å². The van der Waals surface area contributed by atoms with Crippen LogP contribution in [-0.4, -0.2) is 35.6 Å². The molecule has 158 valence electrons. The topological polar surface area (TPSA) is 72.8 Å². The number of nitrogens with one attached hydrogen (secondary N) is 1. The fourth-order valence-corrected chi connectivity index (χ4v) is 5.36. The molecule has 3 aromatic rings. The summed E-state index contributed by atoms with van der Waals surface area (Å²) in [6.45, 7) is 6.72. The van der Waals surface area contributed by atoms with E-state index >= 15 is 0 Å². The number of hydrogen-bond donors (Lipinski definition) is 1. The summed E-state index contributed by atoms with van der Waals surface area (Å²) < 4.78 is 14.0. The molecule has 1 N–H and O–H groups in total. The smallest absolute Gasteiger partial charge is 0.253 e. The molecule has 0 saturated heterocycles. The first-order valence-corrected chi connectivity index (χ1v) is 11.9. The van der Waals surface area contributed by atoms with E-state index in [0.29, 0.717) is 24.7 Å². The number of nitrogens with zero attached hydrogens (tertiary/aromatic N) is 2. The van der Waals surface area contributed by atoms with Gasteiger partial charge in [-0.05, 0) is 66.5 Å². The largest absolute Gasteiger partial charge is 0.490 e. The predicted molar refractivity (Wildman–Crippen MR) is 127 cm³/mol.